The molecule has 0 saturated carbocycles. The molecule has 0 bridgehead atoms. The maximum Gasteiger partial charge on any atom is 0.407 e. The van der Waals surface area contributed by atoms with Crippen LogP contribution in [0.3, 0.4) is 0 Å². The number of amides is 2. The number of anilines is 1. The minimum absolute atomic E-state index is 0.0431. The lowest BCUT2D eigenvalue weighted by molar-refractivity contribution is -0.118. The van der Waals surface area contributed by atoms with Gasteiger partial charge in [-0.1, -0.05) is 78.9 Å². The number of nitrogens with zero attached hydrogens (tertiary/aromatic N) is 1. The number of aryl methyl sites for hydroxylation is 1. The van der Waals surface area contributed by atoms with Crippen molar-refractivity contribution in [3.63, 3.8) is 0 Å². The number of nitrogens with one attached hydrogen (secondary N) is 5. The molecule has 1 fully saturated rings. The average Bonchev–Trinajstić information content (AvgIpc) is 3.52. The van der Waals surface area contributed by atoms with E-state index < -0.39 is 18.1 Å². The predicted octanol–water partition coefficient (Wildman–Crippen LogP) is 4.41. The first-order valence-corrected chi connectivity index (χ1v) is 15.3. The van der Waals surface area contributed by atoms with Gasteiger partial charge in [0.15, 0.2) is 5.65 Å². The number of ether oxygens (including phenoxy) is 2. The van der Waals surface area contributed by atoms with Gasteiger partial charge in [-0.3, -0.25) is 9.59 Å². The molecule has 5 N–H and O–H groups in total. The summed E-state index contributed by atoms with van der Waals surface area (Å²) in [6.45, 7) is 1.04. The molecule has 0 radical (unpaired) electrons. The van der Waals surface area contributed by atoms with Gasteiger partial charge in [0.25, 0.3) is 0 Å². The number of imidazole rings is 1. The number of pyridine rings is 1. The molecule has 6 rings (SSSR count). The van der Waals surface area contributed by atoms with Gasteiger partial charge in [0.2, 0.25) is 11.5 Å². The maximum absolute atomic E-state index is 14.0. The van der Waals surface area contributed by atoms with Crippen molar-refractivity contribution < 1.29 is 19.1 Å². The smallest absolute Gasteiger partial charge is 0.407 e. The highest BCUT2D eigenvalue weighted by Crippen LogP contribution is 2.30. The van der Waals surface area contributed by atoms with Crippen molar-refractivity contribution in [1.82, 2.24) is 25.6 Å². The van der Waals surface area contributed by atoms with Crippen LogP contribution < -0.4 is 21.5 Å². The fourth-order valence-electron chi connectivity index (χ4n) is 5.86. The number of H-pyrrole nitrogens is 2. The number of carbonyl (C=O) groups is 2. The zero-order valence-corrected chi connectivity index (χ0v) is 25.4. The Kier molecular flexibility index (Phi) is 9.51. The summed E-state index contributed by atoms with van der Waals surface area (Å²) in [4.78, 5) is 48.7. The topological polar surface area (TPSA) is 150 Å². The maximum atomic E-state index is 14.0. The molecule has 11 nitrogen and oxygen atoms in total. The monoisotopic (exact) mass is 620 g/mol. The highest BCUT2D eigenvalue weighted by atomic mass is 16.5. The van der Waals surface area contributed by atoms with Crippen LogP contribution >= 0.6 is 0 Å². The number of para-hydroxylation sites is 1. The summed E-state index contributed by atoms with van der Waals surface area (Å²) in [6.07, 6.45) is 0.649. The molecule has 3 atom stereocenters. The first-order valence-electron chi connectivity index (χ1n) is 15.3. The van der Waals surface area contributed by atoms with Gasteiger partial charge < -0.3 is 35.4 Å². The molecule has 1 aliphatic heterocycles. The minimum Gasteiger partial charge on any atom is -0.453 e. The lowest BCUT2D eigenvalue weighted by Gasteiger charge is -2.30. The zero-order valence-electron chi connectivity index (χ0n) is 25.4. The number of carbonyl (C=O) groups excluding carboxylic acids is 2. The molecule has 46 heavy (non-hydrogen) atoms. The van der Waals surface area contributed by atoms with Gasteiger partial charge in [0.1, 0.15) is 11.9 Å². The molecule has 1 saturated heterocycles. The van der Waals surface area contributed by atoms with E-state index in [9.17, 15) is 14.4 Å². The van der Waals surface area contributed by atoms with Crippen LogP contribution in [-0.4, -0.2) is 59.4 Å². The molecular weight excluding hydrogens is 584 g/mol. The molecule has 11 heteroatoms. The van der Waals surface area contributed by atoms with Gasteiger partial charge in [-0.25, -0.2) is 9.78 Å². The highest BCUT2D eigenvalue weighted by molar-refractivity contribution is 5.98. The first-order chi connectivity index (χ1) is 22.5. The summed E-state index contributed by atoms with van der Waals surface area (Å²) in [5.41, 5.74) is 4.48. The summed E-state index contributed by atoms with van der Waals surface area (Å²) < 4.78 is 11.1. The van der Waals surface area contributed by atoms with Crippen molar-refractivity contribution in [2.24, 2.45) is 0 Å². The molecule has 2 aromatic heterocycles. The summed E-state index contributed by atoms with van der Waals surface area (Å²) in [5.74, 6) is -0.112. The van der Waals surface area contributed by atoms with E-state index >= 15 is 0 Å². The Bertz CT molecular complexity index is 1790. The van der Waals surface area contributed by atoms with Crippen LogP contribution in [0.1, 0.15) is 40.9 Å². The molecular formula is C35H36N6O5. The van der Waals surface area contributed by atoms with E-state index in [4.69, 9.17) is 9.47 Å². The molecule has 2 amide bonds. The van der Waals surface area contributed by atoms with Crippen LogP contribution in [0.25, 0.3) is 11.2 Å². The van der Waals surface area contributed by atoms with Gasteiger partial charge in [-0.05, 0) is 41.7 Å². The number of rotatable bonds is 10. The third-order valence-corrected chi connectivity index (χ3v) is 8.22. The number of benzene rings is 3. The lowest BCUT2D eigenvalue weighted by Crippen LogP contribution is -2.48. The van der Waals surface area contributed by atoms with E-state index in [1.807, 2.05) is 84.9 Å². The Hall–Kier alpha value is -5.26. The van der Waals surface area contributed by atoms with Crippen molar-refractivity contribution in [2.75, 3.05) is 25.6 Å². The molecule has 236 valence electrons. The molecule has 1 aliphatic rings. The second-order valence-corrected chi connectivity index (χ2v) is 11.2. The van der Waals surface area contributed by atoms with Crippen LogP contribution in [0.4, 0.5) is 10.5 Å². The van der Waals surface area contributed by atoms with Gasteiger partial charge in [-0.15, -0.1) is 0 Å². The Morgan fingerprint density at radius 3 is 2.30 bits per heavy atom. The Morgan fingerprint density at radius 1 is 0.935 bits per heavy atom. The van der Waals surface area contributed by atoms with Gasteiger partial charge in [0.05, 0.1) is 31.4 Å². The van der Waals surface area contributed by atoms with E-state index in [0.717, 1.165) is 28.6 Å². The van der Waals surface area contributed by atoms with Gasteiger partial charge in [-0.2, -0.15) is 0 Å². The molecule has 0 unspecified atom stereocenters. The lowest BCUT2D eigenvalue weighted by atomic mass is 9.84. The SMILES string of the molecule is COC(=O)N[C@H](C(=O)Nc1ccccc1CC[C@@H]1CN[C@H](c2nc3[nH]c(=O)ccc3[nH]2)CO1)C(c1ccccc1)c1ccccc1. The number of alkyl carbamates (subject to hydrolysis) is 1. The summed E-state index contributed by atoms with van der Waals surface area (Å²) >= 11 is 0. The second-order valence-electron chi connectivity index (χ2n) is 11.2. The van der Waals surface area contributed by atoms with Crippen LogP contribution in [0.15, 0.2) is 102 Å². The molecule has 5 aromatic rings. The molecule has 3 heterocycles. The van der Waals surface area contributed by atoms with Crippen molar-refractivity contribution in [3.8, 4) is 0 Å². The first kappa shape index (κ1) is 30.8. The Balaban J connectivity index is 1.14. The van der Waals surface area contributed by atoms with Crippen molar-refractivity contribution in [1.29, 1.82) is 0 Å². The normalized spacial score (nSPS) is 17.0. The number of aromatic amines is 2. The standard InChI is InChI=1S/C35H36N6O5/c1-45-35(44)40-31(30(23-11-4-2-5-12-23)24-13-6-3-7-14-24)34(43)38-26-15-9-8-10-22(26)16-17-25-20-36-28(21-46-25)33-37-27-18-19-29(42)39-32(27)41-33/h2-15,18-19,25,28,30-31,36H,16-17,20-21H2,1H3,(H,38,43)(H,40,44)(H2,37,39,41,42)/t25-,28+,31+/m1/s1. The van der Waals surface area contributed by atoms with Crippen molar-refractivity contribution in [3.05, 3.63) is 130 Å². The number of aromatic nitrogens is 3. The number of fused-ring (bicyclic) bond motifs is 1. The third kappa shape index (κ3) is 7.17. The summed E-state index contributed by atoms with van der Waals surface area (Å²) in [5, 5.41) is 9.37. The summed E-state index contributed by atoms with van der Waals surface area (Å²) in [6, 6.07) is 29.0. The van der Waals surface area contributed by atoms with Crippen LogP contribution in [-0.2, 0) is 20.7 Å². The quantitative estimate of drug-likeness (QED) is 0.155. The van der Waals surface area contributed by atoms with Crippen LogP contribution in [0, 0.1) is 0 Å². The fraction of sp³-hybridized carbons (Fsp3) is 0.257. The zero-order chi connectivity index (χ0) is 31.9. The minimum atomic E-state index is -0.954. The third-order valence-electron chi connectivity index (χ3n) is 8.22. The fourth-order valence-corrected chi connectivity index (χ4v) is 5.86. The second kappa shape index (κ2) is 14.2. The molecule has 0 spiro atoms. The highest BCUT2D eigenvalue weighted by Gasteiger charge is 2.33. The molecule has 3 aromatic carbocycles. The van der Waals surface area contributed by atoms with Gasteiger partial charge >= 0.3 is 6.09 Å². The summed E-state index contributed by atoms with van der Waals surface area (Å²) in [7, 11) is 1.28. The van der Waals surface area contributed by atoms with E-state index in [1.54, 1.807) is 6.07 Å². The van der Waals surface area contributed by atoms with Gasteiger partial charge in [0, 0.05) is 24.2 Å². The van der Waals surface area contributed by atoms with Crippen LogP contribution in [0.2, 0.25) is 0 Å². The average molecular weight is 621 g/mol. The van der Waals surface area contributed by atoms with E-state index in [0.29, 0.717) is 36.7 Å². The number of hydrogen-bond donors (Lipinski definition) is 5. The van der Waals surface area contributed by atoms with E-state index in [1.165, 1.54) is 13.2 Å². The van der Waals surface area contributed by atoms with Crippen molar-refractivity contribution >= 4 is 28.9 Å². The number of hydrogen-bond acceptors (Lipinski definition) is 7. The van der Waals surface area contributed by atoms with E-state index in [2.05, 4.69) is 30.9 Å². The Labute approximate surface area is 265 Å². The predicted molar refractivity (Wildman–Crippen MR) is 175 cm³/mol. The number of morpholine rings is 1. The largest absolute Gasteiger partial charge is 0.453 e. The van der Waals surface area contributed by atoms with E-state index in [-0.39, 0.29) is 23.6 Å². The number of methoxy groups -OCH3 is 1. The molecule has 0 aliphatic carbocycles. The Morgan fingerprint density at radius 2 is 1.63 bits per heavy atom. The van der Waals surface area contributed by atoms with Crippen molar-refractivity contribution in [2.45, 2.75) is 36.9 Å². The van der Waals surface area contributed by atoms with Crippen LogP contribution in [0.5, 0.6) is 0 Å².